The maximum atomic E-state index is 13.4. The minimum absolute atomic E-state index is 0.128. The standard InChI is InChI=1S/C13H9F4NO/c14-11-5-8(1-2-10(11)7-19)9-3-4-12(18-6-9)13(15,16)17/h1-6,19H,7H2. The van der Waals surface area contributed by atoms with Gasteiger partial charge in [0.2, 0.25) is 0 Å². The van der Waals surface area contributed by atoms with Gasteiger partial charge in [0.1, 0.15) is 11.5 Å². The second kappa shape index (κ2) is 4.97. The van der Waals surface area contributed by atoms with Crippen molar-refractivity contribution in [3.8, 4) is 11.1 Å². The Bertz CT molecular complexity index is 578. The average molecular weight is 271 g/mol. The number of benzene rings is 1. The molecule has 0 radical (unpaired) electrons. The topological polar surface area (TPSA) is 33.1 Å². The molecule has 100 valence electrons. The highest BCUT2D eigenvalue weighted by atomic mass is 19.4. The van der Waals surface area contributed by atoms with E-state index in [1.807, 2.05) is 0 Å². The van der Waals surface area contributed by atoms with E-state index in [9.17, 15) is 17.6 Å². The van der Waals surface area contributed by atoms with E-state index in [1.165, 1.54) is 18.2 Å². The van der Waals surface area contributed by atoms with Crippen molar-refractivity contribution in [2.45, 2.75) is 12.8 Å². The summed E-state index contributed by atoms with van der Waals surface area (Å²) in [4.78, 5) is 3.30. The molecule has 2 rings (SSSR count). The van der Waals surface area contributed by atoms with Crippen molar-refractivity contribution in [1.29, 1.82) is 0 Å². The van der Waals surface area contributed by atoms with Crippen molar-refractivity contribution >= 4 is 0 Å². The Morgan fingerprint density at radius 2 is 1.74 bits per heavy atom. The van der Waals surface area contributed by atoms with Gasteiger partial charge in [0.15, 0.2) is 0 Å². The number of aromatic nitrogens is 1. The van der Waals surface area contributed by atoms with E-state index in [1.54, 1.807) is 0 Å². The van der Waals surface area contributed by atoms with Gasteiger partial charge >= 0.3 is 6.18 Å². The fourth-order valence-electron chi connectivity index (χ4n) is 1.59. The molecule has 0 aliphatic heterocycles. The van der Waals surface area contributed by atoms with Crippen LogP contribution in [0.15, 0.2) is 36.5 Å². The lowest BCUT2D eigenvalue weighted by atomic mass is 10.0. The lowest BCUT2D eigenvalue weighted by molar-refractivity contribution is -0.141. The summed E-state index contributed by atoms with van der Waals surface area (Å²) in [7, 11) is 0. The van der Waals surface area contributed by atoms with Gasteiger partial charge in [-0.3, -0.25) is 4.98 Å². The molecule has 2 nitrogen and oxygen atoms in total. The molecule has 0 aliphatic rings. The highest BCUT2D eigenvalue weighted by Gasteiger charge is 2.32. The monoisotopic (exact) mass is 271 g/mol. The summed E-state index contributed by atoms with van der Waals surface area (Å²) in [6.07, 6.45) is -3.46. The first kappa shape index (κ1) is 13.5. The molecule has 6 heteroatoms. The summed E-state index contributed by atoms with van der Waals surface area (Å²) in [6, 6.07) is 6.10. The first-order chi connectivity index (χ1) is 8.91. The number of hydrogen-bond donors (Lipinski definition) is 1. The van der Waals surface area contributed by atoms with Gasteiger partial charge in [0.25, 0.3) is 0 Å². The molecule has 1 heterocycles. The average Bonchev–Trinajstić information content (AvgIpc) is 2.38. The van der Waals surface area contributed by atoms with Crippen LogP contribution in [0.4, 0.5) is 17.6 Å². The number of hydrogen-bond acceptors (Lipinski definition) is 2. The number of alkyl halides is 3. The Kier molecular flexibility index (Phi) is 3.53. The predicted octanol–water partition coefficient (Wildman–Crippen LogP) is 3.40. The Balaban J connectivity index is 2.35. The summed E-state index contributed by atoms with van der Waals surface area (Å²) < 4.78 is 50.4. The Morgan fingerprint density at radius 1 is 1.05 bits per heavy atom. The largest absolute Gasteiger partial charge is 0.433 e. The van der Waals surface area contributed by atoms with E-state index in [-0.39, 0.29) is 5.56 Å². The fraction of sp³-hybridized carbons (Fsp3) is 0.154. The van der Waals surface area contributed by atoms with Gasteiger partial charge in [0.05, 0.1) is 6.61 Å². The van der Waals surface area contributed by atoms with E-state index >= 15 is 0 Å². The molecule has 0 amide bonds. The van der Waals surface area contributed by atoms with E-state index in [2.05, 4.69) is 4.98 Å². The van der Waals surface area contributed by atoms with E-state index < -0.39 is 24.3 Å². The van der Waals surface area contributed by atoms with Crippen LogP contribution in [0.5, 0.6) is 0 Å². The van der Waals surface area contributed by atoms with E-state index in [0.717, 1.165) is 18.3 Å². The van der Waals surface area contributed by atoms with Crippen molar-refractivity contribution < 1.29 is 22.7 Å². The molecule has 1 N–H and O–H groups in total. The van der Waals surface area contributed by atoms with Crippen LogP contribution in [0.3, 0.4) is 0 Å². The second-order valence-electron chi connectivity index (χ2n) is 3.89. The van der Waals surface area contributed by atoms with Gasteiger partial charge in [-0.1, -0.05) is 18.2 Å². The lowest BCUT2D eigenvalue weighted by Crippen LogP contribution is -2.07. The normalized spacial score (nSPS) is 11.6. The summed E-state index contributed by atoms with van der Waals surface area (Å²) >= 11 is 0. The van der Waals surface area contributed by atoms with Crippen molar-refractivity contribution in [3.63, 3.8) is 0 Å². The third kappa shape index (κ3) is 2.90. The fourth-order valence-corrected chi connectivity index (χ4v) is 1.59. The van der Waals surface area contributed by atoms with Crippen LogP contribution in [-0.2, 0) is 12.8 Å². The van der Waals surface area contributed by atoms with Crippen molar-refractivity contribution in [2.75, 3.05) is 0 Å². The Hall–Kier alpha value is -1.95. The van der Waals surface area contributed by atoms with Gasteiger partial charge in [-0.2, -0.15) is 13.2 Å². The molecule has 0 saturated carbocycles. The first-order valence-electron chi connectivity index (χ1n) is 5.34. The summed E-state index contributed by atoms with van der Waals surface area (Å²) in [6.45, 7) is -0.433. The van der Waals surface area contributed by atoms with Crippen LogP contribution in [0, 0.1) is 5.82 Å². The molecule has 19 heavy (non-hydrogen) atoms. The Morgan fingerprint density at radius 3 is 2.21 bits per heavy atom. The molecule has 1 aromatic carbocycles. The highest BCUT2D eigenvalue weighted by Crippen LogP contribution is 2.29. The lowest BCUT2D eigenvalue weighted by Gasteiger charge is -2.07. The van der Waals surface area contributed by atoms with E-state index in [0.29, 0.717) is 11.1 Å². The van der Waals surface area contributed by atoms with Crippen LogP contribution < -0.4 is 0 Å². The van der Waals surface area contributed by atoms with Gasteiger partial charge in [-0.25, -0.2) is 4.39 Å². The molecule has 0 fully saturated rings. The number of nitrogens with zero attached hydrogens (tertiary/aromatic N) is 1. The molecule has 0 saturated heterocycles. The van der Waals surface area contributed by atoms with Crippen molar-refractivity contribution in [3.05, 3.63) is 53.6 Å². The third-order valence-corrected chi connectivity index (χ3v) is 2.61. The second-order valence-corrected chi connectivity index (χ2v) is 3.89. The van der Waals surface area contributed by atoms with E-state index in [4.69, 9.17) is 5.11 Å². The SMILES string of the molecule is OCc1ccc(-c2ccc(C(F)(F)F)nc2)cc1F. The molecule has 1 aromatic heterocycles. The minimum atomic E-state index is -4.50. The molecule has 0 aliphatic carbocycles. The molecular weight excluding hydrogens is 262 g/mol. The number of pyridine rings is 1. The summed E-state index contributed by atoms with van der Waals surface area (Å²) in [5.74, 6) is -0.611. The maximum absolute atomic E-state index is 13.4. The number of aliphatic hydroxyl groups excluding tert-OH is 1. The van der Waals surface area contributed by atoms with Crippen LogP contribution in [0.25, 0.3) is 11.1 Å². The third-order valence-electron chi connectivity index (χ3n) is 2.61. The smallest absolute Gasteiger partial charge is 0.392 e. The Labute approximate surface area is 106 Å². The van der Waals surface area contributed by atoms with Gasteiger partial charge in [-0.15, -0.1) is 0 Å². The van der Waals surface area contributed by atoms with Gasteiger partial charge < -0.3 is 5.11 Å². The minimum Gasteiger partial charge on any atom is -0.392 e. The molecule has 0 unspecified atom stereocenters. The number of aliphatic hydroxyl groups is 1. The maximum Gasteiger partial charge on any atom is 0.433 e. The quantitative estimate of drug-likeness (QED) is 0.849. The zero-order valence-corrected chi connectivity index (χ0v) is 9.58. The molecule has 0 bridgehead atoms. The summed E-state index contributed by atoms with van der Waals surface area (Å²) in [5, 5.41) is 8.83. The van der Waals surface area contributed by atoms with Crippen molar-refractivity contribution in [1.82, 2.24) is 4.98 Å². The highest BCUT2D eigenvalue weighted by molar-refractivity contribution is 5.63. The predicted molar refractivity (Wildman–Crippen MR) is 60.6 cm³/mol. The zero-order valence-electron chi connectivity index (χ0n) is 9.58. The van der Waals surface area contributed by atoms with Crippen LogP contribution in [0.2, 0.25) is 0 Å². The van der Waals surface area contributed by atoms with Crippen LogP contribution in [0.1, 0.15) is 11.3 Å². The number of rotatable bonds is 2. The number of halogens is 4. The molecule has 2 aromatic rings. The zero-order chi connectivity index (χ0) is 14.0. The summed E-state index contributed by atoms with van der Waals surface area (Å²) in [5.41, 5.74) is -0.0976. The van der Waals surface area contributed by atoms with Crippen LogP contribution in [-0.4, -0.2) is 10.1 Å². The van der Waals surface area contributed by atoms with Crippen LogP contribution >= 0.6 is 0 Å². The van der Waals surface area contributed by atoms with Gasteiger partial charge in [-0.05, 0) is 17.7 Å². The molecule has 0 atom stereocenters. The molecule has 0 spiro atoms. The first-order valence-corrected chi connectivity index (χ1v) is 5.34. The molecular formula is C13H9F4NO. The van der Waals surface area contributed by atoms with Gasteiger partial charge in [0, 0.05) is 17.3 Å². The van der Waals surface area contributed by atoms with Crippen molar-refractivity contribution in [2.24, 2.45) is 0 Å².